The van der Waals surface area contributed by atoms with Gasteiger partial charge in [0.2, 0.25) is 5.91 Å². The molecule has 0 aliphatic carbocycles. The van der Waals surface area contributed by atoms with E-state index in [-0.39, 0.29) is 17.9 Å². The molecule has 1 aromatic heterocycles. The molecule has 0 radical (unpaired) electrons. The minimum Gasteiger partial charge on any atom is -0.333 e. The minimum absolute atomic E-state index is 0.0388. The van der Waals surface area contributed by atoms with Crippen LogP contribution in [-0.2, 0) is 4.79 Å². The third kappa shape index (κ3) is 3.84. The Balaban J connectivity index is 1.80. The number of aromatic nitrogens is 2. The molecule has 2 aromatic rings. The van der Waals surface area contributed by atoms with Crippen LogP contribution in [0.2, 0.25) is 0 Å². The first kappa shape index (κ1) is 17.1. The number of aryl methyl sites for hydroxylation is 1. The number of amides is 2. The summed E-state index contributed by atoms with van der Waals surface area (Å²) in [7, 11) is 0. The number of carbonyl (C=O) groups excluding carboxylic acids is 2. The highest BCUT2D eigenvalue weighted by Crippen LogP contribution is 2.29. The van der Waals surface area contributed by atoms with Crippen molar-refractivity contribution in [2.24, 2.45) is 0 Å². The van der Waals surface area contributed by atoms with Crippen LogP contribution in [0.5, 0.6) is 0 Å². The smallest absolute Gasteiger partial charge is 0.259 e. The van der Waals surface area contributed by atoms with Crippen molar-refractivity contribution in [1.29, 1.82) is 0 Å². The van der Waals surface area contributed by atoms with Gasteiger partial charge in [0.05, 0.1) is 17.3 Å². The van der Waals surface area contributed by atoms with Crippen molar-refractivity contribution in [3.8, 4) is 0 Å². The summed E-state index contributed by atoms with van der Waals surface area (Å²) in [6, 6.07) is 9.17. The van der Waals surface area contributed by atoms with Crippen LogP contribution in [0.15, 0.2) is 36.5 Å². The van der Waals surface area contributed by atoms with E-state index in [4.69, 9.17) is 0 Å². The van der Waals surface area contributed by atoms with Gasteiger partial charge in [-0.2, -0.15) is 0 Å². The van der Waals surface area contributed by atoms with Gasteiger partial charge >= 0.3 is 0 Å². The van der Waals surface area contributed by atoms with Crippen molar-refractivity contribution in [2.45, 2.75) is 39.2 Å². The largest absolute Gasteiger partial charge is 0.333 e. The molecule has 1 aliphatic heterocycles. The van der Waals surface area contributed by atoms with Gasteiger partial charge in [0.25, 0.3) is 5.91 Å². The molecule has 1 aliphatic rings. The van der Waals surface area contributed by atoms with E-state index in [1.165, 1.54) is 0 Å². The summed E-state index contributed by atoms with van der Waals surface area (Å²) in [4.78, 5) is 35.0. The molecule has 0 saturated carbocycles. The van der Waals surface area contributed by atoms with Crippen molar-refractivity contribution in [3.63, 3.8) is 0 Å². The van der Waals surface area contributed by atoms with Gasteiger partial charge in [0.15, 0.2) is 5.82 Å². The van der Waals surface area contributed by atoms with Crippen LogP contribution in [0.3, 0.4) is 0 Å². The Morgan fingerprint density at radius 3 is 2.64 bits per heavy atom. The van der Waals surface area contributed by atoms with E-state index in [2.05, 4.69) is 15.3 Å². The highest BCUT2D eigenvalue weighted by atomic mass is 16.2. The van der Waals surface area contributed by atoms with Crippen LogP contribution >= 0.6 is 0 Å². The first-order valence-corrected chi connectivity index (χ1v) is 8.53. The zero-order valence-electron chi connectivity index (χ0n) is 14.5. The predicted octanol–water partition coefficient (Wildman–Crippen LogP) is 3.11. The number of anilines is 1. The normalized spacial score (nSPS) is 17.2. The molecule has 0 bridgehead atoms. The molecule has 130 valence electrons. The average molecular weight is 338 g/mol. The van der Waals surface area contributed by atoms with Crippen LogP contribution in [0.4, 0.5) is 5.69 Å². The topological polar surface area (TPSA) is 75.2 Å². The first-order valence-electron chi connectivity index (χ1n) is 8.53. The number of likely N-dealkylation sites (tertiary alicyclic amines) is 1. The van der Waals surface area contributed by atoms with Gasteiger partial charge in [-0.3, -0.25) is 9.59 Å². The molecule has 2 amide bonds. The zero-order valence-corrected chi connectivity index (χ0v) is 14.5. The maximum atomic E-state index is 12.4. The first-order chi connectivity index (χ1) is 12.1. The summed E-state index contributed by atoms with van der Waals surface area (Å²) in [5, 5.41) is 2.84. The summed E-state index contributed by atoms with van der Waals surface area (Å²) in [5.41, 5.74) is 1.79. The van der Waals surface area contributed by atoms with Gasteiger partial charge < -0.3 is 10.2 Å². The lowest BCUT2D eigenvalue weighted by atomic mass is 10.0. The second-order valence-electron chi connectivity index (χ2n) is 6.27. The molecule has 1 N–H and O–H groups in total. The number of piperidine rings is 1. The number of para-hydroxylation sites is 1. The number of hydrogen-bond acceptors (Lipinski definition) is 4. The van der Waals surface area contributed by atoms with Gasteiger partial charge in [-0.25, -0.2) is 9.97 Å². The van der Waals surface area contributed by atoms with Crippen molar-refractivity contribution in [2.75, 3.05) is 11.9 Å². The van der Waals surface area contributed by atoms with E-state index in [0.29, 0.717) is 17.1 Å². The van der Waals surface area contributed by atoms with Gasteiger partial charge in [-0.1, -0.05) is 18.2 Å². The monoisotopic (exact) mass is 338 g/mol. The standard InChI is InChI=1S/C19H22N4O2/c1-13-16(19(25)22-15-8-4-3-5-9-15)12-20-18(21-13)17-10-6-7-11-23(17)14(2)24/h3-5,8-9,12,17H,6-7,10-11H2,1-2H3,(H,22,25)/t17-/m1/s1. The molecule has 0 unspecified atom stereocenters. The van der Waals surface area contributed by atoms with E-state index in [1.807, 2.05) is 35.2 Å². The zero-order chi connectivity index (χ0) is 17.8. The lowest BCUT2D eigenvalue weighted by molar-refractivity contribution is -0.132. The van der Waals surface area contributed by atoms with Crippen LogP contribution < -0.4 is 5.32 Å². The number of nitrogens with zero attached hydrogens (tertiary/aromatic N) is 3. The molecule has 1 fully saturated rings. The Bertz CT molecular complexity index is 776. The summed E-state index contributed by atoms with van der Waals surface area (Å²) in [6.45, 7) is 4.11. The molecule has 3 rings (SSSR count). The fourth-order valence-corrected chi connectivity index (χ4v) is 3.17. The van der Waals surface area contributed by atoms with Gasteiger partial charge in [0, 0.05) is 25.4 Å². The van der Waals surface area contributed by atoms with Crippen molar-refractivity contribution in [3.05, 3.63) is 53.6 Å². The SMILES string of the molecule is CC(=O)N1CCCC[C@@H]1c1ncc(C(=O)Nc2ccccc2)c(C)n1. The van der Waals surface area contributed by atoms with Crippen LogP contribution in [0, 0.1) is 6.92 Å². The quantitative estimate of drug-likeness (QED) is 0.933. The Morgan fingerprint density at radius 2 is 1.96 bits per heavy atom. The molecule has 25 heavy (non-hydrogen) atoms. The van der Waals surface area contributed by atoms with E-state index < -0.39 is 0 Å². The Morgan fingerprint density at radius 1 is 1.20 bits per heavy atom. The molecule has 1 atom stereocenters. The third-order valence-electron chi connectivity index (χ3n) is 4.48. The lowest BCUT2D eigenvalue weighted by Gasteiger charge is -2.34. The highest BCUT2D eigenvalue weighted by molar-refractivity contribution is 6.04. The van der Waals surface area contributed by atoms with E-state index >= 15 is 0 Å². The van der Waals surface area contributed by atoms with Crippen molar-refractivity contribution in [1.82, 2.24) is 14.9 Å². The molecular formula is C19H22N4O2. The fraction of sp³-hybridized carbons (Fsp3) is 0.368. The average Bonchev–Trinajstić information content (AvgIpc) is 2.62. The lowest BCUT2D eigenvalue weighted by Crippen LogP contribution is -2.38. The molecule has 0 spiro atoms. The van der Waals surface area contributed by atoms with Crippen molar-refractivity contribution < 1.29 is 9.59 Å². The number of rotatable bonds is 3. The number of benzene rings is 1. The molecule has 6 nitrogen and oxygen atoms in total. The molecule has 6 heteroatoms. The summed E-state index contributed by atoms with van der Waals surface area (Å²) < 4.78 is 0. The minimum atomic E-state index is -0.234. The van der Waals surface area contributed by atoms with E-state index in [0.717, 1.165) is 31.5 Å². The fourth-order valence-electron chi connectivity index (χ4n) is 3.17. The second kappa shape index (κ2) is 7.42. The Hall–Kier alpha value is -2.76. The number of carbonyl (C=O) groups is 2. The van der Waals surface area contributed by atoms with E-state index in [1.54, 1.807) is 20.0 Å². The summed E-state index contributed by atoms with van der Waals surface area (Å²) >= 11 is 0. The van der Waals surface area contributed by atoms with Crippen LogP contribution in [0.25, 0.3) is 0 Å². The Kier molecular flexibility index (Phi) is 5.07. The van der Waals surface area contributed by atoms with Crippen LogP contribution in [-0.4, -0.2) is 33.2 Å². The molecular weight excluding hydrogens is 316 g/mol. The third-order valence-corrected chi connectivity index (χ3v) is 4.48. The number of nitrogens with one attached hydrogen (secondary N) is 1. The summed E-state index contributed by atoms with van der Waals surface area (Å²) in [6.07, 6.45) is 4.47. The second-order valence-corrected chi connectivity index (χ2v) is 6.27. The molecule has 1 saturated heterocycles. The molecule has 2 heterocycles. The maximum absolute atomic E-state index is 12.4. The number of hydrogen-bond donors (Lipinski definition) is 1. The summed E-state index contributed by atoms with van der Waals surface area (Å²) in [5.74, 6) is 0.419. The predicted molar refractivity (Wildman–Crippen MR) is 95.1 cm³/mol. The van der Waals surface area contributed by atoms with Gasteiger partial charge in [-0.15, -0.1) is 0 Å². The van der Waals surface area contributed by atoms with E-state index in [9.17, 15) is 9.59 Å². The highest BCUT2D eigenvalue weighted by Gasteiger charge is 2.28. The maximum Gasteiger partial charge on any atom is 0.259 e. The van der Waals surface area contributed by atoms with Crippen LogP contribution in [0.1, 0.15) is 54.1 Å². The van der Waals surface area contributed by atoms with Gasteiger partial charge in [0.1, 0.15) is 0 Å². The van der Waals surface area contributed by atoms with Crippen molar-refractivity contribution >= 4 is 17.5 Å². The Labute approximate surface area is 147 Å². The van der Waals surface area contributed by atoms with Gasteiger partial charge in [-0.05, 0) is 38.3 Å². The molecule has 1 aromatic carbocycles.